The van der Waals surface area contributed by atoms with Crippen molar-refractivity contribution in [1.82, 2.24) is 4.98 Å². The summed E-state index contributed by atoms with van der Waals surface area (Å²) in [6.45, 7) is 4.03. The zero-order valence-corrected chi connectivity index (χ0v) is 7.23. The van der Waals surface area contributed by atoms with Crippen LogP contribution in [0.25, 0.3) is 0 Å². The van der Waals surface area contributed by atoms with Gasteiger partial charge in [-0.1, -0.05) is 0 Å². The summed E-state index contributed by atoms with van der Waals surface area (Å²) in [6, 6.07) is 0. The molecular weight excluding hydrogens is 157 g/mol. The Kier molecular flexibility index (Phi) is 4.37. The van der Waals surface area contributed by atoms with E-state index in [9.17, 15) is 0 Å². The smallest absolute Gasteiger partial charge is 0.0903 e. The average molecular weight is 171 g/mol. The van der Waals surface area contributed by atoms with Crippen LogP contribution in [0.1, 0.15) is 23.6 Å². The van der Waals surface area contributed by atoms with Crippen LogP contribution in [0.5, 0.6) is 0 Å². The number of methoxy groups -OCH3 is 1. The molecule has 1 atom stereocenters. The fourth-order valence-corrected chi connectivity index (χ4v) is 1.64. The molecule has 1 aromatic heterocycles. The van der Waals surface area contributed by atoms with Gasteiger partial charge in [-0.15, -0.1) is 11.3 Å². The van der Waals surface area contributed by atoms with Crippen molar-refractivity contribution in [3.63, 3.8) is 0 Å². The summed E-state index contributed by atoms with van der Waals surface area (Å²) in [5.41, 5.74) is 2.93. The number of hydrogen-bond donors (Lipinski definition) is 0. The molecule has 62 valence electrons. The molecule has 0 amide bonds. The van der Waals surface area contributed by atoms with E-state index < -0.39 is 0 Å². The van der Waals surface area contributed by atoms with Crippen molar-refractivity contribution in [3.8, 4) is 0 Å². The van der Waals surface area contributed by atoms with Crippen LogP contribution < -0.4 is 0 Å². The van der Waals surface area contributed by atoms with Gasteiger partial charge in [-0.05, 0) is 13.8 Å². The number of aryl methyl sites for hydroxylation is 1. The second-order valence-electron chi connectivity index (χ2n) is 2.18. The Morgan fingerprint density at radius 2 is 2.27 bits per heavy atom. The van der Waals surface area contributed by atoms with Crippen LogP contribution in [0.2, 0.25) is 0 Å². The van der Waals surface area contributed by atoms with Gasteiger partial charge in [0.05, 0.1) is 30.6 Å². The maximum Gasteiger partial charge on any atom is 0.0903 e. The van der Waals surface area contributed by atoms with Crippen LogP contribution in [0, 0.1) is 6.92 Å². The predicted molar refractivity (Wildman–Crippen MR) is 52.2 cm³/mol. The molecule has 0 bridgehead atoms. The van der Waals surface area contributed by atoms with Gasteiger partial charge in [0.15, 0.2) is 0 Å². The summed E-state index contributed by atoms with van der Waals surface area (Å²) >= 11 is 1.65. The summed E-state index contributed by atoms with van der Waals surface area (Å²) in [7, 11) is 1.71. The molecule has 2 nitrogen and oxygen atoms in total. The predicted octanol–water partition coefficient (Wildman–Crippen LogP) is 0.975. The Balaban J connectivity index is 0.000001000. The third kappa shape index (κ3) is 2.31. The van der Waals surface area contributed by atoms with Crippen LogP contribution in [0.15, 0.2) is 5.51 Å². The molecule has 0 aliphatic rings. The number of nitrogens with zero attached hydrogens (tertiary/aromatic N) is 1. The van der Waals surface area contributed by atoms with Gasteiger partial charge >= 0.3 is 0 Å². The molecule has 4 heteroatoms. The molecule has 1 rings (SSSR count). The number of ether oxygens (including phenoxy) is 1. The van der Waals surface area contributed by atoms with Crippen molar-refractivity contribution in [2.45, 2.75) is 20.0 Å². The monoisotopic (exact) mass is 171 g/mol. The average Bonchev–Trinajstić information content (AvgIpc) is 2.34. The van der Waals surface area contributed by atoms with Gasteiger partial charge in [-0.25, -0.2) is 4.98 Å². The van der Waals surface area contributed by atoms with Crippen molar-refractivity contribution in [2.75, 3.05) is 7.11 Å². The van der Waals surface area contributed by atoms with Gasteiger partial charge in [0.25, 0.3) is 0 Å². The molecule has 0 saturated heterocycles. The lowest BCUT2D eigenvalue weighted by molar-refractivity contribution is 0.122. The molecule has 1 aromatic rings. The van der Waals surface area contributed by atoms with E-state index in [0.717, 1.165) is 5.69 Å². The van der Waals surface area contributed by atoms with E-state index >= 15 is 0 Å². The Labute approximate surface area is 73.2 Å². The minimum atomic E-state index is 0. The summed E-state index contributed by atoms with van der Waals surface area (Å²) < 4.78 is 5.15. The Hall–Kier alpha value is -0.345. The zero-order chi connectivity index (χ0) is 7.56. The molecule has 11 heavy (non-hydrogen) atoms. The minimum absolute atomic E-state index is 0. The molecule has 0 aliphatic heterocycles. The highest BCUT2D eigenvalue weighted by Crippen LogP contribution is 2.22. The highest BCUT2D eigenvalue weighted by molar-refractivity contribution is 7.09. The number of aromatic nitrogens is 1. The minimum Gasteiger partial charge on any atom is -0.376 e. The van der Waals surface area contributed by atoms with E-state index in [2.05, 4.69) is 4.98 Å². The third-order valence-corrected chi connectivity index (χ3v) is 2.60. The van der Waals surface area contributed by atoms with E-state index in [1.165, 1.54) is 4.88 Å². The van der Waals surface area contributed by atoms with Crippen molar-refractivity contribution >= 4 is 19.7 Å². The molecule has 0 radical (unpaired) electrons. The highest BCUT2D eigenvalue weighted by atomic mass is 32.1. The lowest BCUT2D eigenvalue weighted by Crippen LogP contribution is -1.94. The zero-order valence-electron chi connectivity index (χ0n) is 6.42. The molecule has 0 N–H and O–H groups in total. The first-order valence-electron chi connectivity index (χ1n) is 3.18. The van der Waals surface area contributed by atoms with Gasteiger partial charge in [-0.2, -0.15) is 0 Å². The van der Waals surface area contributed by atoms with E-state index in [0.29, 0.717) is 0 Å². The second kappa shape index (κ2) is 4.52. The molecule has 1 heterocycles. The van der Waals surface area contributed by atoms with Crippen LogP contribution in [-0.4, -0.2) is 20.5 Å². The third-order valence-electron chi connectivity index (χ3n) is 1.51. The van der Waals surface area contributed by atoms with Crippen LogP contribution in [0.3, 0.4) is 0 Å². The summed E-state index contributed by atoms with van der Waals surface area (Å²) in [5, 5.41) is 0. The van der Waals surface area contributed by atoms with Gasteiger partial charge in [0.1, 0.15) is 0 Å². The van der Waals surface area contributed by atoms with Crippen LogP contribution >= 0.6 is 11.3 Å². The lowest BCUT2D eigenvalue weighted by Gasteiger charge is -2.05. The van der Waals surface area contributed by atoms with Gasteiger partial charge in [-0.3, -0.25) is 0 Å². The summed E-state index contributed by atoms with van der Waals surface area (Å²) in [6.07, 6.45) is 0.187. The van der Waals surface area contributed by atoms with Crippen LogP contribution in [-0.2, 0) is 4.74 Å². The fraction of sp³-hybridized carbons (Fsp3) is 0.571. The molecule has 0 aliphatic carbocycles. The number of rotatable bonds is 2. The normalized spacial score (nSPS) is 12.3. The van der Waals surface area contributed by atoms with Crippen LogP contribution in [0.4, 0.5) is 0 Å². The van der Waals surface area contributed by atoms with E-state index in [1.54, 1.807) is 18.4 Å². The first-order valence-corrected chi connectivity index (χ1v) is 4.06. The maximum absolute atomic E-state index is 5.15. The van der Waals surface area contributed by atoms with Crippen molar-refractivity contribution in [3.05, 3.63) is 16.1 Å². The first kappa shape index (κ1) is 10.7. The SMILES string of the molecule is B.COC(C)c1scnc1C. The molecule has 0 saturated carbocycles. The van der Waals surface area contributed by atoms with Crippen molar-refractivity contribution < 1.29 is 4.74 Å². The Bertz CT molecular complexity index is 214. The molecule has 0 spiro atoms. The largest absolute Gasteiger partial charge is 0.376 e. The topological polar surface area (TPSA) is 22.1 Å². The summed E-state index contributed by atoms with van der Waals surface area (Å²) in [5.74, 6) is 0. The fourth-order valence-electron chi connectivity index (χ4n) is 0.808. The molecular formula is C7H14BNOS. The summed E-state index contributed by atoms with van der Waals surface area (Å²) in [4.78, 5) is 5.35. The quantitative estimate of drug-likeness (QED) is 0.618. The van der Waals surface area contributed by atoms with Crippen molar-refractivity contribution in [2.24, 2.45) is 0 Å². The van der Waals surface area contributed by atoms with Gasteiger partial charge in [0.2, 0.25) is 0 Å². The highest BCUT2D eigenvalue weighted by Gasteiger charge is 2.08. The Morgan fingerprint density at radius 1 is 1.64 bits per heavy atom. The number of hydrogen-bond acceptors (Lipinski definition) is 3. The molecule has 0 aromatic carbocycles. The van der Waals surface area contributed by atoms with E-state index in [4.69, 9.17) is 4.74 Å². The second-order valence-corrected chi connectivity index (χ2v) is 3.07. The van der Waals surface area contributed by atoms with Crippen molar-refractivity contribution in [1.29, 1.82) is 0 Å². The standard InChI is InChI=1S/C7H11NOS.BH3/c1-5-7(6(2)9-3)10-4-8-5;/h4,6H,1-3H3;1H3. The van der Waals surface area contributed by atoms with Gasteiger partial charge in [0, 0.05) is 7.11 Å². The van der Waals surface area contributed by atoms with E-state index in [-0.39, 0.29) is 14.5 Å². The molecule has 0 fully saturated rings. The Morgan fingerprint density at radius 3 is 2.64 bits per heavy atom. The maximum atomic E-state index is 5.15. The molecule has 1 unspecified atom stereocenters. The van der Waals surface area contributed by atoms with E-state index in [1.807, 2.05) is 19.4 Å². The lowest BCUT2D eigenvalue weighted by atomic mass is 10.3. The van der Waals surface area contributed by atoms with Gasteiger partial charge < -0.3 is 4.74 Å². The first-order chi connectivity index (χ1) is 4.75. The number of thiazole rings is 1.